The van der Waals surface area contributed by atoms with Crippen molar-refractivity contribution < 1.29 is 19.1 Å². The molecule has 2 N–H and O–H groups in total. The molecule has 0 fully saturated rings. The van der Waals surface area contributed by atoms with Crippen LogP contribution in [0.5, 0.6) is 5.75 Å². The Hall–Kier alpha value is -3.32. The number of hydrogen-bond donors (Lipinski definition) is 2. The van der Waals surface area contributed by atoms with Crippen LogP contribution in [0.3, 0.4) is 0 Å². The largest absolute Gasteiger partial charge is 0.489 e. The molecule has 2 aromatic carbocycles. The highest BCUT2D eigenvalue weighted by atomic mass is 16.5. The van der Waals surface area contributed by atoms with Gasteiger partial charge in [0.15, 0.2) is 0 Å². The van der Waals surface area contributed by atoms with Crippen molar-refractivity contribution in [2.75, 3.05) is 26.3 Å². The zero-order valence-electron chi connectivity index (χ0n) is 17.6. The summed E-state index contributed by atoms with van der Waals surface area (Å²) in [5.74, 6) is 0.686. The van der Waals surface area contributed by atoms with Crippen LogP contribution in [0.1, 0.15) is 30.5 Å². The molecule has 0 spiro atoms. The van der Waals surface area contributed by atoms with E-state index in [1.165, 1.54) is 0 Å². The van der Waals surface area contributed by atoms with Crippen molar-refractivity contribution in [1.29, 1.82) is 0 Å². The first-order valence-corrected chi connectivity index (χ1v) is 10.6. The summed E-state index contributed by atoms with van der Waals surface area (Å²) in [6.45, 7) is 4.72. The molecule has 2 aromatic rings. The van der Waals surface area contributed by atoms with Gasteiger partial charge in [-0.1, -0.05) is 42.5 Å². The Morgan fingerprint density at radius 2 is 1.84 bits per heavy atom. The highest BCUT2D eigenvalue weighted by Crippen LogP contribution is 2.33. The number of nitrogens with zero attached hydrogens (tertiary/aromatic N) is 1. The minimum atomic E-state index is -0.476. The number of rotatable bonds is 9. The summed E-state index contributed by atoms with van der Waals surface area (Å²) in [6, 6.07) is 16.7. The molecule has 4 rings (SSSR count). The van der Waals surface area contributed by atoms with E-state index in [0.717, 1.165) is 23.3 Å². The van der Waals surface area contributed by atoms with Crippen molar-refractivity contribution in [3.63, 3.8) is 0 Å². The fourth-order valence-electron chi connectivity index (χ4n) is 3.86. The maximum Gasteiger partial charge on any atom is 0.319 e. The molecule has 2 aliphatic rings. The van der Waals surface area contributed by atoms with Gasteiger partial charge in [0.1, 0.15) is 12.4 Å². The topological polar surface area (TPSA) is 79.9 Å². The highest BCUT2D eigenvalue weighted by Gasteiger charge is 2.40. The maximum absolute atomic E-state index is 13.0. The molecule has 0 saturated carbocycles. The Kier molecular flexibility index (Phi) is 6.52. The number of urea groups is 1. The summed E-state index contributed by atoms with van der Waals surface area (Å²) >= 11 is 0. The van der Waals surface area contributed by atoms with E-state index >= 15 is 0 Å². The Morgan fingerprint density at radius 3 is 2.58 bits per heavy atom. The van der Waals surface area contributed by atoms with Crippen LogP contribution in [0.25, 0.3) is 0 Å². The van der Waals surface area contributed by atoms with E-state index in [9.17, 15) is 9.59 Å². The molecule has 31 heavy (non-hydrogen) atoms. The van der Waals surface area contributed by atoms with Crippen molar-refractivity contribution in [2.45, 2.75) is 26.0 Å². The van der Waals surface area contributed by atoms with Crippen molar-refractivity contribution >= 4 is 11.9 Å². The van der Waals surface area contributed by atoms with Gasteiger partial charge in [-0.3, -0.25) is 4.79 Å². The van der Waals surface area contributed by atoms with Gasteiger partial charge in [-0.05, 0) is 36.6 Å². The van der Waals surface area contributed by atoms with Crippen molar-refractivity contribution in [3.8, 4) is 5.75 Å². The third kappa shape index (κ3) is 4.88. The normalized spacial score (nSPS) is 18.0. The molecular formula is C24H27N3O4. The van der Waals surface area contributed by atoms with Crippen molar-refractivity contribution in [3.05, 3.63) is 77.0 Å². The van der Waals surface area contributed by atoms with Crippen molar-refractivity contribution in [1.82, 2.24) is 15.5 Å². The molecule has 0 bridgehead atoms. The molecule has 0 aliphatic carbocycles. The Morgan fingerprint density at radius 1 is 1.06 bits per heavy atom. The van der Waals surface area contributed by atoms with Gasteiger partial charge in [-0.15, -0.1) is 0 Å². The van der Waals surface area contributed by atoms with E-state index in [4.69, 9.17) is 9.47 Å². The second-order valence-corrected chi connectivity index (χ2v) is 7.54. The predicted molar refractivity (Wildman–Crippen MR) is 116 cm³/mol. The van der Waals surface area contributed by atoms with Crippen LogP contribution in [-0.4, -0.2) is 43.1 Å². The Labute approximate surface area is 182 Å². The fourth-order valence-corrected chi connectivity index (χ4v) is 3.86. The molecular weight excluding hydrogens is 394 g/mol. The van der Waals surface area contributed by atoms with Crippen LogP contribution >= 0.6 is 0 Å². The standard InChI is InChI=1S/C24H27N3O4/c1-2-30-14-6-13-27-15-20-21(23(27)28)22(26-24(29)25-20)18-9-11-19(12-10-18)31-16-17-7-4-3-5-8-17/h3-5,7-12,22H,2,6,13-16H2,1H3,(H2,25,26,29)/t22-/m1/s1. The van der Waals surface area contributed by atoms with Gasteiger partial charge in [0.25, 0.3) is 5.91 Å². The first-order valence-electron chi connectivity index (χ1n) is 10.6. The van der Waals surface area contributed by atoms with Crippen LogP contribution in [0, 0.1) is 0 Å². The molecule has 0 radical (unpaired) electrons. The lowest BCUT2D eigenvalue weighted by Gasteiger charge is -2.25. The molecule has 1 atom stereocenters. The molecule has 2 heterocycles. The summed E-state index contributed by atoms with van der Waals surface area (Å²) in [5.41, 5.74) is 3.22. The third-order valence-corrected chi connectivity index (χ3v) is 5.40. The average Bonchev–Trinajstić information content (AvgIpc) is 3.11. The van der Waals surface area contributed by atoms with E-state index in [2.05, 4.69) is 10.6 Å². The van der Waals surface area contributed by atoms with Gasteiger partial charge in [0, 0.05) is 19.8 Å². The predicted octanol–water partition coefficient (Wildman–Crippen LogP) is 3.14. The summed E-state index contributed by atoms with van der Waals surface area (Å²) in [4.78, 5) is 27.0. The molecule has 162 valence electrons. The third-order valence-electron chi connectivity index (χ3n) is 5.40. The monoisotopic (exact) mass is 421 g/mol. The lowest BCUT2D eigenvalue weighted by Crippen LogP contribution is -2.44. The van der Waals surface area contributed by atoms with Crippen LogP contribution in [0.4, 0.5) is 4.79 Å². The lowest BCUT2D eigenvalue weighted by molar-refractivity contribution is -0.126. The van der Waals surface area contributed by atoms with Gasteiger partial charge < -0.3 is 25.0 Å². The summed E-state index contributed by atoms with van der Waals surface area (Å²) in [6.07, 6.45) is 0.764. The number of amides is 3. The van der Waals surface area contributed by atoms with Crippen LogP contribution in [0.15, 0.2) is 65.9 Å². The lowest BCUT2D eigenvalue weighted by atomic mass is 9.96. The first-order chi connectivity index (χ1) is 15.2. The molecule has 0 saturated heterocycles. The van der Waals surface area contributed by atoms with Gasteiger partial charge >= 0.3 is 6.03 Å². The van der Waals surface area contributed by atoms with Crippen LogP contribution < -0.4 is 15.4 Å². The highest BCUT2D eigenvalue weighted by molar-refractivity contribution is 6.01. The number of carbonyl (C=O) groups is 2. The number of hydrogen-bond acceptors (Lipinski definition) is 4. The average molecular weight is 421 g/mol. The van der Waals surface area contributed by atoms with Crippen molar-refractivity contribution in [2.24, 2.45) is 0 Å². The van der Waals surface area contributed by atoms with E-state index in [-0.39, 0.29) is 11.9 Å². The van der Waals surface area contributed by atoms with Gasteiger partial charge in [-0.25, -0.2) is 4.79 Å². The smallest absolute Gasteiger partial charge is 0.319 e. The van der Waals surface area contributed by atoms with E-state index < -0.39 is 6.04 Å². The zero-order valence-corrected chi connectivity index (χ0v) is 17.6. The van der Waals surface area contributed by atoms with E-state index in [1.807, 2.05) is 61.5 Å². The number of ether oxygens (including phenoxy) is 2. The summed E-state index contributed by atoms with van der Waals surface area (Å²) < 4.78 is 11.2. The fraction of sp³-hybridized carbons (Fsp3) is 0.333. The van der Waals surface area contributed by atoms with Gasteiger partial charge in [0.2, 0.25) is 0 Å². The molecule has 2 aliphatic heterocycles. The van der Waals surface area contributed by atoms with Gasteiger partial charge in [0.05, 0.1) is 23.9 Å². The number of carbonyl (C=O) groups excluding carboxylic acids is 2. The maximum atomic E-state index is 13.0. The molecule has 7 nitrogen and oxygen atoms in total. The minimum Gasteiger partial charge on any atom is -0.489 e. The summed E-state index contributed by atoms with van der Waals surface area (Å²) in [7, 11) is 0. The Balaban J connectivity index is 1.43. The first kappa shape index (κ1) is 20.9. The minimum absolute atomic E-state index is 0.0478. The zero-order chi connectivity index (χ0) is 21.6. The number of nitrogens with one attached hydrogen (secondary N) is 2. The number of benzene rings is 2. The van der Waals surface area contributed by atoms with Crippen LogP contribution in [0.2, 0.25) is 0 Å². The Bertz CT molecular complexity index is 957. The second-order valence-electron chi connectivity index (χ2n) is 7.54. The molecule has 7 heteroatoms. The molecule has 0 unspecified atom stereocenters. The quantitative estimate of drug-likeness (QED) is 0.610. The second kappa shape index (κ2) is 9.66. The molecule has 0 aromatic heterocycles. The SMILES string of the molecule is CCOCCCN1CC2=C(C1=O)[C@@H](c1ccc(OCc3ccccc3)cc1)NC(=O)N2. The van der Waals surface area contributed by atoms with E-state index in [0.29, 0.717) is 44.2 Å². The van der Waals surface area contributed by atoms with Gasteiger partial charge in [-0.2, -0.15) is 0 Å². The molecule has 3 amide bonds. The summed E-state index contributed by atoms with van der Waals surface area (Å²) in [5, 5.41) is 5.69. The van der Waals surface area contributed by atoms with E-state index in [1.54, 1.807) is 4.90 Å². The van der Waals surface area contributed by atoms with Crippen LogP contribution in [-0.2, 0) is 16.1 Å².